The van der Waals surface area contributed by atoms with Crippen molar-refractivity contribution < 1.29 is 4.79 Å². The SMILES string of the molecule is O=C(Nc1ccc(Cl)cc1Br)c1csc(Br)c1. The minimum absolute atomic E-state index is 0.144. The summed E-state index contributed by atoms with van der Waals surface area (Å²) >= 11 is 14.0. The van der Waals surface area contributed by atoms with Gasteiger partial charge in [0.05, 0.1) is 15.0 Å². The van der Waals surface area contributed by atoms with E-state index in [1.165, 1.54) is 11.3 Å². The van der Waals surface area contributed by atoms with Crippen LogP contribution in [0.2, 0.25) is 5.02 Å². The molecule has 0 saturated heterocycles. The zero-order chi connectivity index (χ0) is 12.4. The summed E-state index contributed by atoms with van der Waals surface area (Å²) in [5.41, 5.74) is 1.32. The second kappa shape index (κ2) is 5.52. The monoisotopic (exact) mass is 393 g/mol. The predicted octanol–water partition coefficient (Wildman–Crippen LogP) is 5.18. The molecule has 0 unspecified atom stereocenters. The first kappa shape index (κ1) is 13.1. The molecule has 0 saturated carbocycles. The third-order valence-corrected chi connectivity index (χ3v) is 4.40. The van der Waals surface area contributed by atoms with E-state index >= 15 is 0 Å². The number of hydrogen-bond acceptors (Lipinski definition) is 2. The number of carbonyl (C=O) groups excluding carboxylic acids is 1. The van der Waals surface area contributed by atoms with Crippen LogP contribution in [0, 0.1) is 0 Å². The number of halogens is 3. The molecule has 17 heavy (non-hydrogen) atoms. The van der Waals surface area contributed by atoms with Crippen LogP contribution >= 0.6 is 54.8 Å². The molecule has 1 aromatic heterocycles. The molecule has 0 aliphatic heterocycles. The molecule has 0 spiro atoms. The second-order valence-corrected chi connectivity index (χ2v) is 6.80. The quantitative estimate of drug-likeness (QED) is 0.746. The molecule has 88 valence electrons. The van der Waals surface area contributed by atoms with Gasteiger partial charge in [0.2, 0.25) is 0 Å². The lowest BCUT2D eigenvalue weighted by molar-refractivity contribution is 0.102. The molecular weight excluding hydrogens is 389 g/mol. The molecule has 0 aliphatic rings. The Bertz CT molecular complexity index is 570. The maximum Gasteiger partial charge on any atom is 0.256 e. The Labute approximate surface area is 124 Å². The average molecular weight is 396 g/mol. The first-order valence-corrected chi connectivity index (χ1v) is 7.41. The number of amides is 1. The Balaban J connectivity index is 2.18. The average Bonchev–Trinajstić information content (AvgIpc) is 2.69. The van der Waals surface area contributed by atoms with Crippen molar-refractivity contribution in [3.8, 4) is 0 Å². The van der Waals surface area contributed by atoms with Crippen molar-refractivity contribution >= 4 is 66.4 Å². The number of thiophene rings is 1. The molecule has 6 heteroatoms. The van der Waals surface area contributed by atoms with E-state index in [-0.39, 0.29) is 5.91 Å². The Hall–Kier alpha value is -0.360. The summed E-state index contributed by atoms with van der Waals surface area (Å²) in [5, 5.41) is 5.22. The highest BCUT2D eigenvalue weighted by Crippen LogP contribution is 2.27. The van der Waals surface area contributed by atoms with Gasteiger partial charge in [-0.15, -0.1) is 11.3 Å². The van der Waals surface area contributed by atoms with E-state index in [4.69, 9.17) is 11.6 Å². The normalized spacial score (nSPS) is 10.3. The van der Waals surface area contributed by atoms with Crippen molar-refractivity contribution in [2.45, 2.75) is 0 Å². The summed E-state index contributed by atoms with van der Waals surface area (Å²) < 4.78 is 1.69. The summed E-state index contributed by atoms with van der Waals surface area (Å²) in [6.07, 6.45) is 0. The molecule has 0 radical (unpaired) electrons. The number of benzene rings is 1. The number of carbonyl (C=O) groups is 1. The molecule has 0 fully saturated rings. The van der Waals surface area contributed by atoms with E-state index in [1.54, 1.807) is 29.6 Å². The van der Waals surface area contributed by atoms with Crippen molar-refractivity contribution in [2.24, 2.45) is 0 Å². The van der Waals surface area contributed by atoms with Gasteiger partial charge < -0.3 is 5.32 Å². The van der Waals surface area contributed by atoms with Crippen molar-refractivity contribution in [1.29, 1.82) is 0 Å². The molecule has 1 N–H and O–H groups in total. The highest BCUT2D eigenvalue weighted by atomic mass is 79.9. The van der Waals surface area contributed by atoms with Gasteiger partial charge in [0, 0.05) is 14.9 Å². The number of hydrogen-bond donors (Lipinski definition) is 1. The van der Waals surface area contributed by atoms with Crippen molar-refractivity contribution in [1.82, 2.24) is 0 Å². The molecule has 0 bridgehead atoms. The zero-order valence-corrected chi connectivity index (χ0v) is 13.1. The predicted molar refractivity (Wildman–Crippen MR) is 79.1 cm³/mol. The van der Waals surface area contributed by atoms with Crippen LogP contribution < -0.4 is 5.32 Å². The molecule has 0 atom stereocenters. The Morgan fingerprint density at radius 1 is 1.29 bits per heavy atom. The Morgan fingerprint density at radius 3 is 2.65 bits per heavy atom. The van der Waals surface area contributed by atoms with Crippen LogP contribution in [0.1, 0.15) is 10.4 Å². The van der Waals surface area contributed by atoms with Gasteiger partial charge >= 0.3 is 0 Å². The summed E-state index contributed by atoms with van der Waals surface area (Å²) in [5.74, 6) is -0.144. The standard InChI is InChI=1S/C11H6Br2ClNOS/c12-8-4-7(14)1-2-9(8)15-11(16)6-3-10(13)17-5-6/h1-5H,(H,15,16). The zero-order valence-electron chi connectivity index (χ0n) is 8.34. The number of rotatable bonds is 2. The molecule has 2 nitrogen and oxygen atoms in total. The molecule has 2 rings (SSSR count). The van der Waals surface area contributed by atoms with Gasteiger partial charge in [-0.1, -0.05) is 11.6 Å². The van der Waals surface area contributed by atoms with Crippen molar-refractivity contribution in [3.05, 3.63) is 48.5 Å². The Morgan fingerprint density at radius 2 is 2.06 bits per heavy atom. The van der Waals surface area contributed by atoms with E-state index in [0.717, 1.165) is 8.26 Å². The van der Waals surface area contributed by atoms with E-state index in [2.05, 4.69) is 37.2 Å². The molecule has 1 aromatic carbocycles. The largest absolute Gasteiger partial charge is 0.321 e. The summed E-state index contributed by atoms with van der Waals surface area (Å²) in [6.45, 7) is 0. The van der Waals surface area contributed by atoms with Crippen LogP contribution in [0.3, 0.4) is 0 Å². The van der Waals surface area contributed by atoms with E-state index in [1.807, 2.05) is 0 Å². The highest BCUT2D eigenvalue weighted by molar-refractivity contribution is 9.11. The van der Waals surface area contributed by atoms with Gasteiger partial charge in [0.1, 0.15) is 0 Å². The topological polar surface area (TPSA) is 29.1 Å². The first-order chi connectivity index (χ1) is 8.06. The smallest absolute Gasteiger partial charge is 0.256 e. The minimum Gasteiger partial charge on any atom is -0.321 e. The van der Waals surface area contributed by atoms with Crippen LogP contribution in [0.25, 0.3) is 0 Å². The van der Waals surface area contributed by atoms with Crippen LogP contribution in [0.15, 0.2) is 37.9 Å². The number of anilines is 1. The summed E-state index contributed by atoms with van der Waals surface area (Å²) in [7, 11) is 0. The maximum absolute atomic E-state index is 11.9. The lowest BCUT2D eigenvalue weighted by Crippen LogP contribution is -2.11. The van der Waals surface area contributed by atoms with Crippen LogP contribution in [-0.2, 0) is 0 Å². The highest BCUT2D eigenvalue weighted by Gasteiger charge is 2.10. The molecule has 1 heterocycles. The third-order valence-electron chi connectivity index (χ3n) is 2.01. The molecule has 0 aliphatic carbocycles. The molecular formula is C11H6Br2ClNOS. The fraction of sp³-hybridized carbons (Fsp3) is 0. The lowest BCUT2D eigenvalue weighted by Gasteiger charge is -2.06. The van der Waals surface area contributed by atoms with Crippen LogP contribution in [0.5, 0.6) is 0 Å². The molecule has 1 amide bonds. The van der Waals surface area contributed by atoms with Crippen molar-refractivity contribution in [2.75, 3.05) is 5.32 Å². The van der Waals surface area contributed by atoms with Gasteiger partial charge in [0.15, 0.2) is 0 Å². The van der Waals surface area contributed by atoms with Gasteiger partial charge in [0.25, 0.3) is 5.91 Å². The van der Waals surface area contributed by atoms with Gasteiger partial charge in [-0.05, 0) is 56.1 Å². The van der Waals surface area contributed by atoms with E-state index < -0.39 is 0 Å². The number of nitrogens with one attached hydrogen (secondary N) is 1. The van der Waals surface area contributed by atoms with Gasteiger partial charge in [-0.2, -0.15) is 0 Å². The second-order valence-electron chi connectivity index (χ2n) is 3.22. The maximum atomic E-state index is 11.9. The Kier molecular flexibility index (Phi) is 4.25. The minimum atomic E-state index is -0.144. The lowest BCUT2D eigenvalue weighted by atomic mass is 10.3. The first-order valence-electron chi connectivity index (χ1n) is 4.56. The summed E-state index contributed by atoms with van der Waals surface area (Å²) in [4.78, 5) is 11.9. The van der Waals surface area contributed by atoms with Crippen LogP contribution in [-0.4, -0.2) is 5.91 Å². The molecule has 2 aromatic rings. The van der Waals surface area contributed by atoms with Crippen molar-refractivity contribution in [3.63, 3.8) is 0 Å². The fourth-order valence-corrected chi connectivity index (χ4v) is 3.13. The van der Waals surface area contributed by atoms with Gasteiger partial charge in [-0.25, -0.2) is 0 Å². The third kappa shape index (κ3) is 3.31. The fourth-order valence-electron chi connectivity index (χ4n) is 1.21. The van der Waals surface area contributed by atoms with E-state index in [0.29, 0.717) is 16.3 Å². The van der Waals surface area contributed by atoms with Gasteiger partial charge in [-0.3, -0.25) is 4.79 Å². The summed E-state index contributed by atoms with van der Waals surface area (Å²) in [6, 6.07) is 7.00. The van der Waals surface area contributed by atoms with E-state index in [9.17, 15) is 4.79 Å². The van der Waals surface area contributed by atoms with Crippen LogP contribution in [0.4, 0.5) is 5.69 Å².